The zero-order chi connectivity index (χ0) is 16.2. The van der Waals surface area contributed by atoms with Crippen LogP contribution in [0, 0.1) is 0 Å². The number of hydrogen-bond donors (Lipinski definition) is 1. The van der Waals surface area contributed by atoms with E-state index < -0.39 is 0 Å². The summed E-state index contributed by atoms with van der Waals surface area (Å²) in [5, 5.41) is 6.22. The number of benzene rings is 2. The summed E-state index contributed by atoms with van der Waals surface area (Å²) in [4.78, 5) is 10.8. The van der Waals surface area contributed by atoms with Crippen molar-refractivity contribution >= 4 is 16.6 Å². The van der Waals surface area contributed by atoms with E-state index in [4.69, 9.17) is 0 Å². The summed E-state index contributed by atoms with van der Waals surface area (Å²) in [6, 6.07) is 17.7. The van der Waals surface area contributed by atoms with Crippen molar-refractivity contribution in [2.75, 3.05) is 18.4 Å². The summed E-state index contributed by atoms with van der Waals surface area (Å²) in [5.74, 6) is 0.928. The molecule has 1 aliphatic heterocycles. The predicted octanol–water partition coefficient (Wildman–Crippen LogP) is 3.71. The highest BCUT2D eigenvalue weighted by atomic mass is 15.1. The van der Waals surface area contributed by atoms with Gasteiger partial charge in [0, 0.05) is 31.9 Å². The molecule has 1 aliphatic rings. The van der Waals surface area contributed by atoms with Crippen LogP contribution in [0.5, 0.6) is 0 Å². The second-order valence-corrected chi connectivity index (χ2v) is 6.43. The highest BCUT2D eigenvalue weighted by Crippen LogP contribution is 2.22. The number of nitrogens with one attached hydrogen (secondary N) is 1. The summed E-state index contributed by atoms with van der Waals surface area (Å²) in [6.45, 7) is 3.26. The minimum atomic E-state index is 0.503. The quantitative estimate of drug-likeness (QED) is 0.796. The maximum Gasteiger partial charge on any atom is 0.129 e. The Balaban J connectivity index is 1.38. The van der Waals surface area contributed by atoms with Crippen LogP contribution in [-0.2, 0) is 6.54 Å². The number of rotatable bonds is 4. The van der Waals surface area contributed by atoms with Crippen molar-refractivity contribution in [3.63, 3.8) is 0 Å². The fourth-order valence-corrected chi connectivity index (χ4v) is 3.49. The van der Waals surface area contributed by atoms with Gasteiger partial charge < -0.3 is 5.32 Å². The largest absolute Gasteiger partial charge is 0.367 e. The Kier molecular flexibility index (Phi) is 4.38. The first-order valence-corrected chi connectivity index (χ1v) is 8.60. The molecule has 2 aromatic carbocycles. The Morgan fingerprint density at radius 3 is 2.67 bits per heavy atom. The molecule has 0 spiro atoms. The second-order valence-electron chi connectivity index (χ2n) is 6.43. The van der Waals surface area contributed by atoms with Crippen LogP contribution in [0.4, 0.5) is 5.82 Å². The van der Waals surface area contributed by atoms with Crippen LogP contribution >= 0.6 is 0 Å². The highest BCUT2D eigenvalue weighted by molar-refractivity contribution is 5.85. The first-order valence-electron chi connectivity index (χ1n) is 8.60. The average molecular weight is 318 g/mol. The number of fused-ring (bicyclic) bond motifs is 1. The molecule has 2 heterocycles. The molecule has 0 bridgehead atoms. The average Bonchev–Trinajstić information content (AvgIpc) is 2.65. The van der Waals surface area contributed by atoms with Gasteiger partial charge in [0.15, 0.2) is 0 Å². The van der Waals surface area contributed by atoms with Gasteiger partial charge in [0.1, 0.15) is 12.1 Å². The fraction of sp³-hybridized carbons (Fsp3) is 0.300. The normalized spacial score (nSPS) is 16.3. The van der Waals surface area contributed by atoms with E-state index in [-0.39, 0.29) is 0 Å². The molecule has 4 heteroatoms. The molecule has 1 aromatic heterocycles. The Labute approximate surface area is 142 Å². The second kappa shape index (κ2) is 6.97. The number of aromatic nitrogens is 2. The lowest BCUT2D eigenvalue weighted by molar-refractivity contribution is 0.212. The third-order valence-electron chi connectivity index (χ3n) is 4.80. The lowest BCUT2D eigenvalue weighted by Crippen LogP contribution is -2.38. The van der Waals surface area contributed by atoms with E-state index in [0.29, 0.717) is 6.04 Å². The molecule has 1 saturated heterocycles. The summed E-state index contributed by atoms with van der Waals surface area (Å²) in [6.07, 6.45) is 5.67. The lowest BCUT2D eigenvalue weighted by atomic mass is 10.0. The maximum atomic E-state index is 4.26. The van der Waals surface area contributed by atoms with Crippen molar-refractivity contribution in [1.82, 2.24) is 14.9 Å². The van der Waals surface area contributed by atoms with Crippen LogP contribution in [0.15, 0.2) is 61.1 Å². The number of nitrogens with zero attached hydrogens (tertiary/aromatic N) is 3. The van der Waals surface area contributed by atoms with Crippen LogP contribution in [0.1, 0.15) is 18.4 Å². The van der Waals surface area contributed by atoms with E-state index >= 15 is 0 Å². The lowest BCUT2D eigenvalue weighted by Gasteiger charge is -2.32. The van der Waals surface area contributed by atoms with Gasteiger partial charge in [-0.25, -0.2) is 9.97 Å². The van der Waals surface area contributed by atoms with E-state index in [1.54, 1.807) is 12.5 Å². The predicted molar refractivity (Wildman–Crippen MR) is 97.9 cm³/mol. The van der Waals surface area contributed by atoms with E-state index in [2.05, 4.69) is 62.6 Å². The van der Waals surface area contributed by atoms with Gasteiger partial charge in [0.25, 0.3) is 0 Å². The molecule has 4 nitrogen and oxygen atoms in total. The zero-order valence-corrected chi connectivity index (χ0v) is 13.7. The molecule has 1 N–H and O–H groups in total. The standard InChI is InChI=1S/C20H22N4/c1-2-7-19-16(4-1)5-3-6-17(19)14-24-12-9-18(10-13-24)23-20-8-11-21-15-22-20/h1-8,11,15,18H,9-10,12-14H2,(H,21,22,23). The number of likely N-dealkylation sites (tertiary alicyclic amines) is 1. The summed E-state index contributed by atoms with van der Waals surface area (Å²) >= 11 is 0. The third-order valence-corrected chi connectivity index (χ3v) is 4.80. The number of hydrogen-bond acceptors (Lipinski definition) is 4. The molecule has 0 saturated carbocycles. The van der Waals surface area contributed by atoms with E-state index in [1.807, 2.05) is 6.07 Å². The molecule has 3 aromatic rings. The zero-order valence-electron chi connectivity index (χ0n) is 13.7. The van der Waals surface area contributed by atoms with Gasteiger partial charge in [-0.1, -0.05) is 42.5 Å². The minimum absolute atomic E-state index is 0.503. The van der Waals surface area contributed by atoms with Crippen LogP contribution < -0.4 is 5.32 Å². The minimum Gasteiger partial charge on any atom is -0.367 e. The van der Waals surface area contributed by atoms with Crippen LogP contribution in [0.25, 0.3) is 10.8 Å². The van der Waals surface area contributed by atoms with Crippen molar-refractivity contribution in [1.29, 1.82) is 0 Å². The maximum absolute atomic E-state index is 4.26. The van der Waals surface area contributed by atoms with E-state index in [0.717, 1.165) is 38.3 Å². The van der Waals surface area contributed by atoms with Gasteiger partial charge in [-0.3, -0.25) is 4.90 Å². The molecule has 0 atom stereocenters. The molecule has 24 heavy (non-hydrogen) atoms. The van der Waals surface area contributed by atoms with Crippen molar-refractivity contribution in [3.8, 4) is 0 Å². The Morgan fingerprint density at radius 1 is 1.00 bits per heavy atom. The van der Waals surface area contributed by atoms with Crippen LogP contribution in [-0.4, -0.2) is 34.0 Å². The molecule has 122 valence electrons. The SMILES string of the molecule is c1ccc2c(CN3CCC(Nc4ccncn4)CC3)cccc2c1. The molecule has 0 radical (unpaired) electrons. The molecule has 1 fully saturated rings. The smallest absolute Gasteiger partial charge is 0.129 e. The number of anilines is 1. The summed E-state index contributed by atoms with van der Waals surface area (Å²) < 4.78 is 0. The van der Waals surface area contributed by atoms with Crippen molar-refractivity contribution < 1.29 is 0 Å². The first kappa shape index (κ1) is 15.1. The first-order chi connectivity index (χ1) is 11.9. The molecule has 0 unspecified atom stereocenters. The molecular weight excluding hydrogens is 296 g/mol. The van der Waals surface area contributed by atoms with Gasteiger partial charge in [-0.2, -0.15) is 0 Å². The topological polar surface area (TPSA) is 41.0 Å². The monoisotopic (exact) mass is 318 g/mol. The Hall–Kier alpha value is -2.46. The van der Waals surface area contributed by atoms with Crippen molar-refractivity contribution in [2.24, 2.45) is 0 Å². The van der Waals surface area contributed by atoms with Gasteiger partial charge in [-0.15, -0.1) is 0 Å². The summed E-state index contributed by atoms with van der Waals surface area (Å²) in [7, 11) is 0. The van der Waals surface area contributed by atoms with Crippen LogP contribution in [0.2, 0.25) is 0 Å². The van der Waals surface area contributed by atoms with Gasteiger partial charge in [0.05, 0.1) is 0 Å². The van der Waals surface area contributed by atoms with Gasteiger partial charge in [0.2, 0.25) is 0 Å². The molecule has 4 rings (SSSR count). The van der Waals surface area contributed by atoms with Crippen molar-refractivity contribution in [3.05, 3.63) is 66.6 Å². The van der Waals surface area contributed by atoms with Crippen LogP contribution in [0.3, 0.4) is 0 Å². The van der Waals surface area contributed by atoms with Gasteiger partial charge in [-0.05, 0) is 35.2 Å². The van der Waals surface area contributed by atoms with Gasteiger partial charge >= 0.3 is 0 Å². The van der Waals surface area contributed by atoms with E-state index in [1.165, 1.54) is 16.3 Å². The molecular formula is C20H22N4. The highest BCUT2D eigenvalue weighted by Gasteiger charge is 2.19. The summed E-state index contributed by atoms with van der Waals surface area (Å²) in [5.41, 5.74) is 1.43. The fourth-order valence-electron chi connectivity index (χ4n) is 3.49. The third kappa shape index (κ3) is 3.39. The number of piperidine rings is 1. The molecule has 0 aliphatic carbocycles. The van der Waals surface area contributed by atoms with E-state index in [9.17, 15) is 0 Å². The Morgan fingerprint density at radius 2 is 1.83 bits per heavy atom. The van der Waals surface area contributed by atoms with Crippen molar-refractivity contribution in [2.45, 2.75) is 25.4 Å². The molecule has 0 amide bonds. The Bertz CT molecular complexity index is 790.